The summed E-state index contributed by atoms with van der Waals surface area (Å²) in [6.07, 6.45) is 56.0. The van der Waals surface area contributed by atoms with Crippen LogP contribution in [0.2, 0.25) is 0 Å². The molecule has 0 aliphatic rings. The van der Waals surface area contributed by atoms with Crippen molar-refractivity contribution in [2.75, 3.05) is 40.9 Å². The second-order valence-electron chi connectivity index (χ2n) is 16.0. The molecule has 8 nitrogen and oxygen atoms in total. The summed E-state index contributed by atoms with van der Waals surface area (Å²) in [5, 5.41) is 13.7. The number of allylic oxidation sites excluding steroid dienone is 15. The molecule has 0 aliphatic carbocycles. The number of quaternary nitrogens is 1. The molecule has 0 aromatic rings. The van der Waals surface area contributed by atoms with Gasteiger partial charge in [-0.25, -0.2) is 0 Å². The van der Waals surface area contributed by atoms with E-state index in [1.807, 2.05) is 27.2 Å². The standard InChI is InChI=1S/C49H85N2O6P/c1-6-8-10-12-14-16-18-20-21-22-23-24-25-26-27-28-29-31-33-35-37-39-41-43-49(53)50-47(46-57-58(54,55)56-45-44-51(3,4)5)48(52)42-40-38-36-34-32-30-19-17-15-13-11-9-7-2/h8,10,14,16,20-21,23-24,26-27,29,31,35,37,40,42,47-48,52H,6-7,9,11-13,15,17-19,22,25,28,30,32-34,36,38-39,41,43-46H2,1-5H3,(H-,50,53,54,55)/b10-8-,16-14-,21-20-,24-23-,27-26-,31-29-,37-35-,42-40+. The molecule has 3 atom stereocenters. The van der Waals surface area contributed by atoms with Crippen molar-refractivity contribution >= 4 is 13.7 Å². The summed E-state index contributed by atoms with van der Waals surface area (Å²) in [5.74, 6) is -0.261. The summed E-state index contributed by atoms with van der Waals surface area (Å²) in [6, 6.07) is -0.922. The van der Waals surface area contributed by atoms with E-state index >= 15 is 0 Å². The van der Waals surface area contributed by atoms with Gasteiger partial charge < -0.3 is 28.8 Å². The normalized spacial score (nSPS) is 15.2. The first kappa shape index (κ1) is 55.4. The molecule has 2 N–H and O–H groups in total. The van der Waals surface area contributed by atoms with Crippen molar-refractivity contribution < 1.29 is 32.9 Å². The molecule has 0 saturated carbocycles. The fraction of sp³-hybridized carbons (Fsp3) is 0.653. The van der Waals surface area contributed by atoms with Gasteiger partial charge in [0.2, 0.25) is 5.91 Å². The number of hydrogen-bond donors (Lipinski definition) is 2. The Morgan fingerprint density at radius 2 is 1.05 bits per heavy atom. The van der Waals surface area contributed by atoms with Gasteiger partial charge in [-0.1, -0.05) is 175 Å². The highest BCUT2D eigenvalue weighted by Crippen LogP contribution is 2.38. The minimum absolute atomic E-state index is 0.0175. The Morgan fingerprint density at radius 3 is 1.52 bits per heavy atom. The predicted molar refractivity (Wildman–Crippen MR) is 246 cm³/mol. The SMILES string of the molecule is CC/C=C\C/C=C\C/C=C\C/C=C\C/C=C\C/C=C\C/C=C\CCCC(=O)NC(COP(=O)([O-])OCC[N+](C)(C)C)C(O)/C=C/CCCCCCCCCCCCC. The largest absolute Gasteiger partial charge is 0.756 e. The highest BCUT2D eigenvalue weighted by atomic mass is 31.2. The highest BCUT2D eigenvalue weighted by molar-refractivity contribution is 7.45. The van der Waals surface area contributed by atoms with E-state index < -0.39 is 26.6 Å². The number of nitrogens with one attached hydrogen (secondary N) is 1. The number of aliphatic hydroxyl groups excluding tert-OH is 1. The first-order chi connectivity index (χ1) is 28.0. The smallest absolute Gasteiger partial charge is 0.268 e. The molecule has 0 spiro atoms. The maximum atomic E-state index is 12.8. The monoisotopic (exact) mass is 829 g/mol. The zero-order valence-electron chi connectivity index (χ0n) is 37.5. The van der Waals surface area contributed by atoms with Crippen molar-refractivity contribution in [3.05, 3.63) is 97.2 Å². The van der Waals surface area contributed by atoms with Gasteiger partial charge in [0.1, 0.15) is 13.2 Å². The van der Waals surface area contributed by atoms with Crippen LogP contribution in [0.3, 0.4) is 0 Å². The van der Waals surface area contributed by atoms with Crippen LogP contribution >= 0.6 is 7.82 Å². The molecule has 58 heavy (non-hydrogen) atoms. The molecule has 0 aromatic heterocycles. The lowest BCUT2D eigenvalue weighted by Gasteiger charge is -2.29. The van der Waals surface area contributed by atoms with Crippen molar-refractivity contribution in [2.45, 2.75) is 167 Å². The lowest BCUT2D eigenvalue weighted by Crippen LogP contribution is -2.45. The minimum Gasteiger partial charge on any atom is -0.756 e. The molecule has 0 heterocycles. The fourth-order valence-corrected chi connectivity index (χ4v) is 6.45. The van der Waals surface area contributed by atoms with E-state index in [0.29, 0.717) is 17.4 Å². The van der Waals surface area contributed by atoms with Gasteiger partial charge >= 0.3 is 0 Å². The van der Waals surface area contributed by atoms with E-state index in [2.05, 4.69) is 104 Å². The number of carbonyl (C=O) groups is 1. The predicted octanol–water partition coefficient (Wildman–Crippen LogP) is 12.1. The maximum absolute atomic E-state index is 12.8. The Morgan fingerprint density at radius 1 is 0.621 bits per heavy atom. The van der Waals surface area contributed by atoms with E-state index in [1.54, 1.807) is 6.08 Å². The molecule has 3 unspecified atom stereocenters. The van der Waals surface area contributed by atoms with Gasteiger partial charge in [0.05, 0.1) is 39.9 Å². The van der Waals surface area contributed by atoms with Crippen LogP contribution in [0, 0.1) is 0 Å². The number of phosphoric ester groups is 1. The first-order valence-electron chi connectivity index (χ1n) is 22.6. The van der Waals surface area contributed by atoms with Gasteiger partial charge in [-0.2, -0.15) is 0 Å². The van der Waals surface area contributed by atoms with E-state index in [9.17, 15) is 19.4 Å². The number of hydrogen-bond acceptors (Lipinski definition) is 6. The number of phosphoric acid groups is 1. The minimum atomic E-state index is -4.61. The highest BCUT2D eigenvalue weighted by Gasteiger charge is 2.23. The third-order valence-corrected chi connectivity index (χ3v) is 10.3. The van der Waals surface area contributed by atoms with Crippen molar-refractivity contribution in [1.82, 2.24) is 5.32 Å². The van der Waals surface area contributed by atoms with Gasteiger partial charge in [0, 0.05) is 6.42 Å². The molecule has 0 fully saturated rings. The summed E-state index contributed by atoms with van der Waals surface area (Å²) in [5.41, 5.74) is 0. The third kappa shape index (κ3) is 41.6. The number of amides is 1. The molecule has 9 heteroatoms. The summed E-state index contributed by atoms with van der Waals surface area (Å²) >= 11 is 0. The molecule has 0 bridgehead atoms. The second kappa shape index (κ2) is 39.9. The molecular weight excluding hydrogens is 744 g/mol. The van der Waals surface area contributed by atoms with Crippen LogP contribution in [-0.2, 0) is 18.4 Å². The Bertz CT molecular complexity index is 1260. The van der Waals surface area contributed by atoms with Crippen LogP contribution in [0.25, 0.3) is 0 Å². The van der Waals surface area contributed by atoms with E-state index in [-0.39, 0.29) is 18.9 Å². The van der Waals surface area contributed by atoms with Gasteiger partial charge in [-0.05, 0) is 70.6 Å². The number of likely N-dealkylation sites (N-methyl/N-ethyl adjacent to an activating group) is 1. The molecule has 0 rings (SSSR count). The van der Waals surface area contributed by atoms with Crippen LogP contribution in [0.15, 0.2) is 97.2 Å². The molecule has 0 aliphatic heterocycles. The summed E-state index contributed by atoms with van der Waals surface area (Å²) in [7, 11) is 1.20. The molecule has 332 valence electrons. The number of rotatable bonds is 39. The maximum Gasteiger partial charge on any atom is 0.268 e. The van der Waals surface area contributed by atoms with Crippen molar-refractivity contribution in [2.24, 2.45) is 0 Å². The van der Waals surface area contributed by atoms with Crippen LogP contribution in [0.1, 0.15) is 155 Å². The lowest BCUT2D eigenvalue weighted by atomic mass is 10.0. The Kier molecular flexibility index (Phi) is 38.1. The molecule has 0 radical (unpaired) electrons. The average molecular weight is 829 g/mol. The zero-order valence-corrected chi connectivity index (χ0v) is 38.3. The van der Waals surface area contributed by atoms with Crippen molar-refractivity contribution in [3.8, 4) is 0 Å². The Balaban J connectivity index is 4.53. The Hall–Kier alpha value is -2.58. The van der Waals surface area contributed by atoms with E-state index in [0.717, 1.165) is 70.6 Å². The number of aliphatic hydroxyl groups is 1. The average Bonchev–Trinajstić information content (AvgIpc) is 3.17. The first-order valence-corrected chi connectivity index (χ1v) is 24.1. The number of unbranched alkanes of at least 4 members (excludes halogenated alkanes) is 12. The van der Waals surface area contributed by atoms with Gasteiger partial charge in [-0.15, -0.1) is 0 Å². The van der Waals surface area contributed by atoms with E-state index in [4.69, 9.17) is 9.05 Å². The lowest BCUT2D eigenvalue weighted by molar-refractivity contribution is -0.870. The summed E-state index contributed by atoms with van der Waals surface area (Å²) in [4.78, 5) is 25.3. The quantitative estimate of drug-likeness (QED) is 0.0276. The molecular formula is C49H85N2O6P. The van der Waals surface area contributed by atoms with Crippen LogP contribution in [0.5, 0.6) is 0 Å². The zero-order chi connectivity index (χ0) is 42.8. The Labute approximate surface area is 356 Å². The third-order valence-electron chi connectivity index (χ3n) is 9.30. The number of carbonyl (C=O) groups excluding carboxylic acids is 1. The van der Waals surface area contributed by atoms with E-state index in [1.165, 1.54) is 57.8 Å². The van der Waals surface area contributed by atoms with Gasteiger partial charge in [-0.3, -0.25) is 9.36 Å². The second-order valence-corrected chi connectivity index (χ2v) is 17.4. The fourth-order valence-electron chi connectivity index (χ4n) is 5.73. The van der Waals surface area contributed by atoms with Crippen molar-refractivity contribution in [1.29, 1.82) is 0 Å². The molecule has 1 amide bonds. The van der Waals surface area contributed by atoms with Crippen LogP contribution in [0.4, 0.5) is 0 Å². The van der Waals surface area contributed by atoms with Crippen molar-refractivity contribution in [3.63, 3.8) is 0 Å². The van der Waals surface area contributed by atoms with Gasteiger partial charge in [0.15, 0.2) is 0 Å². The number of nitrogens with zero attached hydrogens (tertiary/aromatic N) is 1. The topological polar surface area (TPSA) is 108 Å². The summed E-state index contributed by atoms with van der Waals surface area (Å²) in [6.45, 7) is 4.45. The van der Waals surface area contributed by atoms with Crippen LogP contribution < -0.4 is 10.2 Å². The van der Waals surface area contributed by atoms with Crippen LogP contribution in [-0.4, -0.2) is 68.5 Å². The van der Waals surface area contributed by atoms with Gasteiger partial charge in [0.25, 0.3) is 7.82 Å². The summed E-state index contributed by atoms with van der Waals surface area (Å²) < 4.78 is 23.1. The molecule has 0 saturated heterocycles. The molecule has 0 aromatic carbocycles.